The number of imide groups is 1. The molecule has 31 heavy (non-hydrogen) atoms. The fourth-order valence-corrected chi connectivity index (χ4v) is 5.36. The Balaban J connectivity index is 1.52. The molecule has 1 atom stereocenters. The number of carbonyl (C=O) groups excluding carboxylic acids is 4. The number of hydrogen-bond acceptors (Lipinski definition) is 6. The summed E-state index contributed by atoms with van der Waals surface area (Å²) in [5, 5.41) is 6.22. The Morgan fingerprint density at radius 1 is 1.26 bits per heavy atom. The number of thiophene rings is 1. The summed E-state index contributed by atoms with van der Waals surface area (Å²) >= 11 is 7.24. The molecule has 0 spiro atoms. The van der Waals surface area contributed by atoms with Crippen molar-refractivity contribution in [2.75, 3.05) is 19.0 Å². The normalized spacial score (nSPS) is 19.9. The van der Waals surface area contributed by atoms with Gasteiger partial charge in [-0.05, 0) is 49.4 Å². The van der Waals surface area contributed by atoms with Crippen LogP contribution in [0.2, 0.25) is 5.02 Å². The van der Waals surface area contributed by atoms with Gasteiger partial charge in [0.25, 0.3) is 5.91 Å². The number of carbonyl (C=O) groups is 4. The number of nitrogens with zero attached hydrogens (tertiary/aromatic N) is 1. The second kappa shape index (κ2) is 7.97. The Morgan fingerprint density at radius 2 is 1.97 bits per heavy atom. The summed E-state index contributed by atoms with van der Waals surface area (Å²) in [6.45, 7) is 1.10. The van der Waals surface area contributed by atoms with Crippen LogP contribution in [0.1, 0.15) is 39.7 Å². The van der Waals surface area contributed by atoms with Crippen LogP contribution in [-0.4, -0.2) is 42.4 Å². The van der Waals surface area contributed by atoms with Crippen molar-refractivity contribution < 1.29 is 23.9 Å². The fraction of sp³-hybridized carbons (Fsp3) is 0.333. The van der Waals surface area contributed by atoms with E-state index < -0.39 is 35.9 Å². The van der Waals surface area contributed by atoms with Gasteiger partial charge in [0, 0.05) is 9.90 Å². The highest BCUT2D eigenvalue weighted by Gasteiger charge is 2.49. The van der Waals surface area contributed by atoms with E-state index in [1.807, 2.05) is 0 Å². The van der Waals surface area contributed by atoms with E-state index >= 15 is 0 Å². The number of halogens is 1. The number of hydrogen-bond donors (Lipinski definition) is 2. The number of ether oxygens (including phenoxy) is 1. The van der Waals surface area contributed by atoms with Gasteiger partial charge in [-0.15, -0.1) is 11.3 Å². The van der Waals surface area contributed by atoms with E-state index in [0.717, 1.165) is 34.6 Å². The SMILES string of the molecule is COC(=O)c1c(NC(=O)CN2C(=O)NC(C)(c3ccc(Cl)cc3)C2=O)sc2c1CCC2. The van der Waals surface area contributed by atoms with Gasteiger partial charge >= 0.3 is 12.0 Å². The van der Waals surface area contributed by atoms with E-state index in [4.69, 9.17) is 16.3 Å². The van der Waals surface area contributed by atoms with Crippen LogP contribution in [0.5, 0.6) is 0 Å². The molecule has 0 bridgehead atoms. The van der Waals surface area contributed by atoms with Crippen molar-refractivity contribution in [1.82, 2.24) is 10.2 Å². The summed E-state index contributed by atoms with van der Waals surface area (Å²) in [5.74, 6) is -1.63. The first-order valence-corrected chi connectivity index (χ1v) is 10.9. The zero-order valence-electron chi connectivity index (χ0n) is 16.9. The minimum atomic E-state index is -1.30. The Bertz CT molecular complexity index is 1100. The highest BCUT2D eigenvalue weighted by atomic mass is 35.5. The van der Waals surface area contributed by atoms with Crippen LogP contribution in [0.25, 0.3) is 0 Å². The van der Waals surface area contributed by atoms with Crippen LogP contribution in [0.3, 0.4) is 0 Å². The van der Waals surface area contributed by atoms with E-state index in [1.54, 1.807) is 31.2 Å². The van der Waals surface area contributed by atoms with Gasteiger partial charge in [0.05, 0.1) is 12.7 Å². The quantitative estimate of drug-likeness (QED) is 0.526. The Labute approximate surface area is 187 Å². The van der Waals surface area contributed by atoms with Crippen LogP contribution in [0.15, 0.2) is 24.3 Å². The predicted octanol–water partition coefficient (Wildman–Crippen LogP) is 3.08. The number of urea groups is 1. The Kier molecular flexibility index (Phi) is 5.49. The second-order valence-corrected chi connectivity index (χ2v) is 9.10. The molecule has 1 fully saturated rings. The number of methoxy groups -OCH3 is 1. The van der Waals surface area contributed by atoms with Crippen molar-refractivity contribution in [2.45, 2.75) is 31.7 Å². The van der Waals surface area contributed by atoms with Gasteiger partial charge in [0.1, 0.15) is 17.1 Å². The van der Waals surface area contributed by atoms with E-state index in [2.05, 4.69) is 10.6 Å². The topological polar surface area (TPSA) is 105 Å². The third-order valence-electron chi connectivity index (χ3n) is 5.56. The standard InChI is InChI=1S/C21H20ClN3O5S/c1-21(11-6-8-12(22)9-7-11)19(28)25(20(29)24-21)10-15(26)23-17-16(18(27)30-2)13-4-3-5-14(13)31-17/h6-9H,3-5,10H2,1-2H3,(H,23,26)(H,24,29). The van der Waals surface area contributed by atoms with Gasteiger partial charge in [-0.3, -0.25) is 14.5 Å². The first-order chi connectivity index (χ1) is 14.7. The number of aryl methyl sites for hydroxylation is 1. The van der Waals surface area contributed by atoms with Crippen molar-refractivity contribution in [1.29, 1.82) is 0 Å². The maximum absolute atomic E-state index is 13.0. The summed E-state index contributed by atoms with van der Waals surface area (Å²) < 4.78 is 4.87. The molecule has 1 aliphatic heterocycles. The van der Waals surface area contributed by atoms with Crippen molar-refractivity contribution in [3.63, 3.8) is 0 Å². The van der Waals surface area contributed by atoms with Gasteiger partial charge in [0.15, 0.2) is 0 Å². The summed E-state index contributed by atoms with van der Waals surface area (Å²) in [6.07, 6.45) is 2.54. The summed E-state index contributed by atoms with van der Waals surface area (Å²) in [4.78, 5) is 52.3. The molecular formula is C21H20ClN3O5S. The maximum Gasteiger partial charge on any atom is 0.341 e. The average molecular weight is 462 g/mol. The van der Waals surface area contributed by atoms with Crippen molar-refractivity contribution in [3.05, 3.63) is 50.9 Å². The first kappa shape index (κ1) is 21.3. The molecule has 0 radical (unpaired) electrons. The van der Waals surface area contributed by atoms with Gasteiger partial charge < -0.3 is 15.4 Å². The lowest BCUT2D eigenvalue weighted by Crippen LogP contribution is -2.42. The Morgan fingerprint density at radius 3 is 2.65 bits per heavy atom. The zero-order valence-corrected chi connectivity index (χ0v) is 18.5. The number of benzene rings is 1. The average Bonchev–Trinajstić information content (AvgIpc) is 3.37. The lowest BCUT2D eigenvalue weighted by molar-refractivity contribution is -0.133. The summed E-state index contributed by atoms with van der Waals surface area (Å²) in [6, 6.07) is 5.89. The van der Waals surface area contributed by atoms with E-state index in [9.17, 15) is 19.2 Å². The van der Waals surface area contributed by atoms with Crippen molar-refractivity contribution >= 4 is 51.8 Å². The molecule has 1 aliphatic carbocycles. The smallest absolute Gasteiger partial charge is 0.341 e. The third-order valence-corrected chi connectivity index (χ3v) is 7.02. The highest BCUT2D eigenvalue weighted by molar-refractivity contribution is 7.17. The van der Waals surface area contributed by atoms with E-state index in [1.165, 1.54) is 18.4 Å². The molecule has 0 saturated carbocycles. The van der Waals surface area contributed by atoms with Gasteiger partial charge in [-0.25, -0.2) is 9.59 Å². The number of nitrogens with one attached hydrogen (secondary N) is 2. The molecule has 10 heteroatoms. The van der Waals surface area contributed by atoms with Crippen LogP contribution < -0.4 is 10.6 Å². The monoisotopic (exact) mass is 461 g/mol. The van der Waals surface area contributed by atoms with Gasteiger partial charge in [-0.1, -0.05) is 23.7 Å². The molecule has 4 rings (SSSR count). The summed E-state index contributed by atoms with van der Waals surface area (Å²) in [7, 11) is 1.29. The lowest BCUT2D eigenvalue weighted by Gasteiger charge is -2.22. The molecule has 4 amide bonds. The van der Waals surface area contributed by atoms with Crippen LogP contribution in [0, 0.1) is 0 Å². The number of fused-ring (bicyclic) bond motifs is 1. The number of esters is 1. The summed E-state index contributed by atoms with van der Waals surface area (Å²) in [5.41, 5.74) is 0.512. The van der Waals surface area contributed by atoms with Crippen molar-refractivity contribution in [2.24, 2.45) is 0 Å². The van der Waals surface area contributed by atoms with Gasteiger partial charge in [0.2, 0.25) is 5.91 Å². The largest absolute Gasteiger partial charge is 0.465 e. The molecule has 8 nitrogen and oxygen atoms in total. The third kappa shape index (κ3) is 3.68. The minimum absolute atomic E-state index is 0.358. The molecule has 1 unspecified atom stereocenters. The highest BCUT2D eigenvalue weighted by Crippen LogP contribution is 2.39. The van der Waals surface area contributed by atoms with E-state index in [0.29, 0.717) is 21.2 Å². The fourth-order valence-electron chi connectivity index (χ4n) is 3.94. The van der Waals surface area contributed by atoms with Crippen LogP contribution >= 0.6 is 22.9 Å². The Hall–Kier alpha value is -2.91. The molecular weight excluding hydrogens is 442 g/mol. The zero-order chi connectivity index (χ0) is 22.3. The molecule has 2 heterocycles. The van der Waals surface area contributed by atoms with Crippen molar-refractivity contribution in [3.8, 4) is 0 Å². The number of amides is 4. The molecule has 1 saturated heterocycles. The molecule has 2 N–H and O–H groups in total. The number of rotatable bonds is 5. The lowest BCUT2D eigenvalue weighted by atomic mass is 9.92. The van der Waals surface area contributed by atoms with E-state index in [-0.39, 0.29) is 0 Å². The maximum atomic E-state index is 13.0. The number of anilines is 1. The van der Waals surface area contributed by atoms with Crippen LogP contribution in [-0.2, 0) is 32.7 Å². The molecule has 2 aromatic rings. The molecule has 1 aromatic carbocycles. The predicted molar refractivity (Wildman–Crippen MR) is 115 cm³/mol. The van der Waals surface area contributed by atoms with Crippen LogP contribution in [0.4, 0.5) is 9.80 Å². The molecule has 1 aromatic heterocycles. The van der Waals surface area contributed by atoms with Gasteiger partial charge in [-0.2, -0.15) is 0 Å². The molecule has 162 valence electrons. The molecule has 2 aliphatic rings. The minimum Gasteiger partial charge on any atom is -0.465 e. The second-order valence-electron chi connectivity index (χ2n) is 7.55. The first-order valence-electron chi connectivity index (χ1n) is 9.67.